The number of ether oxygens (including phenoxy) is 13. The molecule has 3 aromatic carbocycles. The monoisotopic (exact) mass is 1180 g/mol. The third-order valence-corrected chi connectivity index (χ3v) is 13.4. The van der Waals surface area contributed by atoms with Gasteiger partial charge in [-0.1, -0.05) is 36.4 Å². The minimum atomic E-state index is -3.16. The molecule has 4 aliphatic heterocycles. The normalized spacial score (nSPS) is 33.5. The third-order valence-electron chi connectivity index (χ3n) is 13.4. The summed E-state index contributed by atoms with van der Waals surface area (Å²) in [5.41, 5.74) is 0.447. The third kappa shape index (κ3) is 15.5. The molecule has 18 atom stereocenters. The van der Waals surface area contributed by atoms with Crippen LogP contribution in [0.15, 0.2) is 84.9 Å². The van der Waals surface area contributed by atoms with Crippen molar-refractivity contribution in [2.45, 2.75) is 130 Å². The molecule has 0 bridgehead atoms. The van der Waals surface area contributed by atoms with Crippen molar-refractivity contribution < 1.29 is 142 Å². The van der Waals surface area contributed by atoms with E-state index < -0.39 is 179 Å². The predicted octanol–water partition coefficient (Wildman–Crippen LogP) is -2.44. The molecule has 0 saturated carbocycles. The quantitative estimate of drug-likeness (QED) is 0.0215. The van der Waals surface area contributed by atoms with Crippen LogP contribution in [0.4, 0.5) is 0 Å². The lowest BCUT2D eigenvalue weighted by Crippen LogP contribution is -2.70. The van der Waals surface area contributed by atoms with Crippen molar-refractivity contribution in [2.75, 3.05) is 40.1 Å². The van der Waals surface area contributed by atoms with Crippen molar-refractivity contribution >= 4 is 42.0 Å². The molecule has 4 heterocycles. The summed E-state index contributed by atoms with van der Waals surface area (Å²) < 4.78 is 76.8. The van der Waals surface area contributed by atoms with Gasteiger partial charge in [-0.3, -0.25) is 9.59 Å². The van der Waals surface area contributed by atoms with E-state index in [-0.39, 0.29) is 28.4 Å². The average Bonchev–Trinajstić information content (AvgIpc) is 2.21. The lowest BCUT2D eigenvalue weighted by atomic mass is 9.94. The zero-order valence-electron chi connectivity index (χ0n) is 44.5. The predicted molar refractivity (Wildman–Crippen MR) is 271 cm³/mol. The van der Waals surface area contributed by atoms with E-state index in [0.717, 1.165) is 32.1 Å². The Bertz CT molecular complexity index is 2740. The fraction of sp³-hybridized carbons (Fsp3) is 0.500. The minimum absolute atomic E-state index is 0.0399. The standard InChI is InChI=1S/C54H64O29/c1-26(57)72-23-32-20-53(81-39(62)18-13-29-11-16-33(60)34(19-29)71-3,82-51-46(69)44(67)41(64)37(77-51)24-73-27(2)58)48(79-50-45(68)43(66)40(63)35(21-55)76-50)52(75-32)83-54(25-74-38(61)17-12-28-9-14-31(59)15-10-28)47(42(65)36(22-56)80-54)78-49(70)30-7-5-4-6-8-30/h4-19,32,35-37,40-48,50-52,55-56,59-60,63-69H,20-25H2,1-3H3. The largest absolute Gasteiger partial charge is 0.508 e. The Labute approximate surface area is 471 Å². The van der Waals surface area contributed by atoms with E-state index >= 15 is 0 Å². The van der Waals surface area contributed by atoms with Gasteiger partial charge in [0, 0.05) is 32.4 Å². The summed E-state index contributed by atoms with van der Waals surface area (Å²) in [5, 5.41) is 120. The number of methoxy groups -OCH3 is 1. The van der Waals surface area contributed by atoms with E-state index in [1.807, 2.05) is 0 Å². The van der Waals surface area contributed by atoms with Crippen LogP contribution in [-0.2, 0) is 76.0 Å². The van der Waals surface area contributed by atoms with Crippen molar-refractivity contribution in [1.82, 2.24) is 0 Å². The summed E-state index contributed by atoms with van der Waals surface area (Å²) in [5.74, 6) is -12.2. The summed E-state index contributed by atoms with van der Waals surface area (Å²) >= 11 is 0. The highest BCUT2D eigenvalue weighted by Crippen LogP contribution is 2.46. The molecule has 0 radical (unpaired) electrons. The topological polar surface area (TPSA) is 428 Å². The first-order chi connectivity index (χ1) is 39.5. The van der Waals surface area contributed by atoms with E-state index in [9.17, 15) is 80.1 Å². The fourth-order valence-electron chi connectivity index (χ4n) is 9.11. The van der Waals surface area contributed by atoms with Crippen LogP contribution in [0.25, 0.3) is 12.2 Å². The van der Waals surface area contributed by atoms with Gasteiger partial charge >= 0.3 is 29.8 Å². The molecule has 3 aromatic rings. The van der Waals surface area contributed by atoms with Crippen LogP contribution in [0.5, 0.6) is 17.2 Å². The summed E-state index contributed by atoms with van der Waals surface area (Å²) in [4.78, 5) is 66.8. The number of aliphatic hydroxyl groups is 9. The number of phenolic OH excluding ortho intramolecular Hbond substituents is 2. The second-order valence-electron chi connectivity index (χ2n) is 19.3. The summed E-state index contributed by atoms with van der Waals surface area (Å²) in [6.07, 6.45) is -31.3. The van der Waals surface area contributed by atoms with Gasteiger partial charge in [0.05, 0.1) is 25.9 Å². The molecule has 4 aliphatic rings. The summed E-state index contributed by atoms with van der Waals surface area (Å²) in [6.45, 7) is -3.04. The van der Waals surface area contributed by atoms with Gasteiger partial charge in [0.15, 0.2) is 42.6 Å². The molecule has 454 valence electrons. The van der Waals surface area contributed by atoms with Crippen molar-refractivity contribution in [1.29, 1.82) is 0 Å². The zero-order chi connectivity index (χ0) is 60.3. The van der Waals surface area contributed by atoms with Crippen LogP contribution in [0.1, 0.15) is 41.8 Å². The molecule has 0 aliphatic carbocycles. The van der Waals surface area contributed by atoms with Gasteiger partial charge in [0.25, 0.3) is 5.79 Å². The SMILES string of the molecule is COc1cc(C=CC(=O)OC2(OC3OC(COC(C)=O)C(O)C(O)C3O)CC(COC(C)=O)OC(OC3(COC(=O)C=Cc4ccc(O)cc4)OC(CO)C(O)C3OC(=O)c3ccccc3)C2OC2OC(CO)C(O)C(O)C2O)ccc1O. The van der Waals surface area contributed by atoms with Crippen molar-refractivity contribution in [3.05, 3.63) is 102 Å². The molecule has 0 aromatic heterocycles. The Morgan fingerprint density at radius 3 is 1.87 bits per heavy atom. The van der Waals surface area contributed by atoms with E-state index in [0.29, 0.717) is 5.56 Å². The van der Waals surface area contributed by atoms with Crippen LogP contribution >= 0.6 is 0 Å². The number of hydrogen-bond donors (Lipinski definition) is 11. The lowest BCUT2D eigenvalue weighted by Gasteiger charge is -2.53. The van der Waals surface area contributed by atoms with Crippen LogP contribution in [0.3, 0.4) is 0 Å². The summed E-state index contributed by atoms with van der Waals surface area (Å²) in [6, 6.07) is 16.5. The van der Waals surface area contributed by atoms with E-state index in [1.165, 1.54) is 79.9 Å². The second kappa shape index (κ2) is 28.2. The highest BCUT2D eigenvalue weighted by molar-refractivity contribution is 5.90. The average molecular weight is 1180 g/mol. The van der Waals surface area contributed by atoms with Crippen LogP contribution in [-0.4, -0.2) is 236 Å². The molecule has 18 unspecified atom stereocenters. The molecule has 4 fully saturated rings. The molecule has 11 N–H and O–H groups in total. The molecule has 29 heteroatoms. The van der Waals surface area contributed by atoms with Crippen molar-refractivity contribution in [2.24, 2.45) is 0 Å². The molecule has 0 amide bonds. The minimum Gasteiger partial charge on any atom is -0.508 e. The highest BCUT2D eigenvalue weighted by atomic mass is 16.9. The highest BCUT2D eigenvalue weighted by Gasteiger charge is 2.66. The first kappa shape index (κ1) is 63.8. The Morgan fingerprint density at radius 1 is 0.614 bits per heavy atom. The van der Waals surface area contributed by atoms with Gasteiger partial charge < -0.3 is 118 Å². The number of aromatic hydroxyl groups is 2. The number of aliphatic hydroxyl groups excluding tert-OH is 9. The smallest absolute Gasteiger partial charge is 0.338 e. The number of phenols is 2. The van der Waals surface area contributed by atoms with Gasteiger partial charge in [0.2, 0.25) is 5.79 Å². The van der Waals surface area contributed by atoms with Gasteiger partial charge in [0.1, 0.15) is 92.7 Å². The van der Waals surface area contributed by atoms with E-state index in [1.54, 1.807) is 6.07 Å². The molecule has 7 rings (SSSR count). The van der Waals surface area contributed by atoms with Crippen LogP contribution < -0.4 is 4.74 Å². The fourth-order valence-corrected chi connectivity index (χ4v) is 9.11. The maximum absolute atomic E-state index is 14.6. The second-order valence-corrected chi connectivity index (χ2v) is 19.3. The van der Waals surface area contributed by atoms with Crippen molar-refractivity contribution in [3.63, 3.8) is 0 Å². The maximum atomic E-state index is 14.6. The van der Waals surface area contributed by atoms with E-state index in [2.05, 4.69) is 0 Å². The Morgan fingerprint density at radius 2 is 1.22 bits per heavy atom. The van der Waals surface area contributed by atoms with Gasteiger partial charge in [-0.05, 0) is 59.7 Å². The number of esters is 5. The first-order valence-corrected chi connectivity index (χ1v) is 25.6. The Kier molecular flexibility index (Phi) is 21.7. The molecule has 29 nitrogen and oxygen atoms in total. The van der Waals surface area contributed by atoms with Gasteiger partial charge in [-0.15, -0.1) is 0 Å². The zero-order valence-corrected chi connectivity index (χ0v) is 44.5. The Balaban J connectivity index is 1.43. The molecular formula is C54H64O29. The first-order valence-electron chi connectivity index (χ1n) is 25.6. The molecular weight excluding hydrogens is 1110 g/mol. The molecule has 83 heavy (non-hydrogen) atoms. The summed E-state index contributed by atoms with van der Waals surface area (Å²) in [7, 11) is 1.25. The number of carbonyl (C=O) groups is 5. The van der Waals surface area contributed by atoms with Crippen LogP contribution in [0, 0.1) is 0 Å². The van der Waals surface area contributed by atoms with Gasteiger partial charge in [-0.25, -0.2) is 14.4 Å². The maximum Gasteiger partial charge on any atom is 0.338 e. The number of hydrogen-bond acceptors (Lipinski definition) is 29. The van der Waals surface area contributed by atoms with E-state index in [4.69, 9.17) is 61.6 Å². The van der Waals surface area contributed by atoms with Crippen LogP contribution in [0.2, 0.25) is 0 Å². The molecule has 0 spiro atoms. The Hall–Kier alpha value is -6.75. The number of rotatable bonds is 22. The lowest BCUT2D eigenvalue weighted by molar-refractivity contribution is -0.458. The van der Waals surface area contributed by atoms with Crippen molar-refractivity contribution in [3.8, 4) is 17.2 Å². The molecule has 4 saturated heterocycles. The number of benzene rings is 3. The van der Waals surface area contributed by atoms with Gasteiger partial charge in [-0.2, -0.15) is 0 Å². The number of carbonyl (C=O) groups excluding carboxylic acids is 5.